The fourth-order valence-electron chi connectivity index (χ4n) is 4.01. The average Bonchev–Trinajstić information content (AvgIpc) is 3.34. The van der Waals surface area contributed by atoms with Crippen molar-refractivity contribution in [2.24, 2.45) is 0 Å². The maximum absolute atomic E-state index is 13.2. The molecule has 2 aromatic carbocycles. The molecule has 2 aromatic heterocycles. The number of rotatable bonds is 5. The second-order valence-corrected chi connectivity index (χ2v) is 10.3. The molecule has 0 spiro atoms. The predicted octanol–water partition coefficient (Wildman–Crippen LogP) is 3.62. The number of ether oxygens (including phenoxy) is 1. The molecule has 3 heterocycles. The number of anilines is 1. The summed E-state index contributed by atoms with van der Waals surface area (Å²) in [6.07, 6.45) is 3.21. The van der Waals surface area contributed by atoms with Gasteiger partial charge in [0.15, 0.2) is 0 Å². The normalized spacial score (nSPS) is 15.1. The number of benzene rings is 2. The Bertz CT molecular complexity index is 1450. The highest BCUT2D eigenvalue weighted by Crippen LogP contribution is 2.34. The molecule has 1 saturated heterocycles. The first kappa shape index (κ1) is 22.9. The van der Waals surface area contributed by atoms with E-state index >= 15 is 0 Å². The first-order valence-electron chi connectivity index (χ1n) is 10.4. The molecule has 12 heteroatoms. The minimum atomic E-state index is -3.79. The average molecular weight is 519 g/mol. The Morgan fingerprint density at radius 3 is 2.41 bits per heavy atom. The summed E-state index contributed by atoms with van der Waals surface area (Å²) in [7, 11) is -2.17. The molecule has 1 aliphatic heterocycles. The van der Waals surface area contributed by atoms with Crippen LogP contribution in [0.3, 0.4) is 0 Å². The molecule has 9 nitrogen and oxygen atoms in total. The summed E-state index contributed by atoms with van der Waals surface area (Å²) in [5.74, 6) is 2.01. The van der Waals surface area contributed by atoms with Crippen LogP contribution in [-0.4, -0.2) is 65.6 Å². The van der Waals surface area contributed by atoms with Crippen molar-refractivity contribution in [1.82, 2.24) is 23.9 Å². The predicted molar refractivity (Wildman–Crippen MR) is 130 cm³/mol. The van der Waals surface area contributed by atoms with Gasteiger partial charge in [-0.15, -0.1) is 0 Å². The number of hydrogen-bond acceptors (Lipinski definition) is 7. The second-order valence-electron chi connectivity index (χ2n) is 7.64. The molecular weight excluding hydrogens is 499 g/mol. The zero-order valence-corrected chi connectivity index (χ0v) is 20.4. The topological polar surface area (TPSA) is 92.9 Å². The van der Waals surface area contributed by atoms with Crippen molar-refractivity contribution < 1.29 is 13.2 Å². The summed E-state index contributed by atoms with van der Waals surface area (Å²) in [5.41, 5.74) is 1.79. The van der Waals surface area contributed by atoms with Crippen LogP contribution in [0, 0.1) is 0 Å². The summed E-state index contributed by atoms with van der Waals surface area (Å²) >= 11 is 12.3. The van der Waals surface area contributed by atoms with Gasteiger partial charge in [-0.2, -0.15) is 18.9 Å². The molecule has 0 N–H and O–H groups in total. The lowest BCUT2D eigenvalue weighted by Crippen LogP contribution is -2.49. The zero-order chi connectivity index (χ0) is 23.9. The third-order valence-electron chi connectivity index (χ3n) is 5.75. The molecule has 34 heavy (non-hydrogen) atoms. The number of nitrogens with zero attached hydrogens (tertiary/aromatic N) is 6. The molecule has 0 saturated carbocycles. The fourth-order valence-corrected chi connectivity index (χ4v) is 6.17. The lowest BCUT2D eigenvalue weighted by molar-refractivity contribution is 0.383. The van der Waals surface area contributed by atoms with Crippen molar-refractivity contribution in [2.45, 2.75) is 4.90 Å². The Labute approximate surface area is 206 Å². The lowest BCUT2D eigenvalue weighted by Gasteiger charge is -2.36. The molecule has 0 aliphatic carbocycles. The van der Waals surface area contributed by atoms with Crippen molar-refractivity contribution >= 4 is 44.8 Å². The molecule has 1 fully saturated rings. The van der Waals surface area contributed by atoms with Crippen LogP contribution in [0.5, 0.6) is 5.75 Å². The van der Waals surface area contributed by atoms with E-state index in [-0.39, 0.29) is 28.0 Å². The quantitative estimate of drug-likeness (QED) is 0.398. The van der Waals surface area contributed by atoms with Crippen molar-refractivity contribution in [3.63, 3.8) is 0 Å². The van der Waals surface area contributed by atoms with Crippen LogP contribution in [0.2, 0.25) is 10.0 Å². The van der Waals surface area contributed by atoms with Gasteiger partial charge in [-0.25, -0.2) is 13.4 Å². The summed E-state index contributed by atoms with van der Waals surface area (Å²) in [6, 6.07) is 12.3. The van der Waals surface area contributed by atoms with Gasteiger partial charge in [0.2, 0.25) is 10.0 Å². The molecule has 0 bridgehead atoms. The maximum Gasteiger partial charge on any atom is 0.254 e. The van der Waals surface area contributed by atoms with Crippen LogP contribution < -0.4 is 9.64 Å². The molecule has 0 unspecified atom stereocenters. The third kappa shape index (κ3) is 3.96. The molecule has 4 aromatic rings. The van der Waals surface area contributed by atoms with E-state index in [9.17, 15) is 8.42 Å². The zero-order valence-electron chi connectivity index (χ0n) is 18.1. The minimum absolute atomic E-state index is 0.0108. The first-order chi connectivity index (χ1) is 16.4. The van der Waals surface area contributed by atoms with Gasteiger partial charge in [0.1, 0.15) is 22.8 Å². The number of aromatic nitrogens is 4. The van der Waals surface area contributed by atoms with Gasteiger partial charge in [-0.1, -0.05) is 41.4 Å². The van der Waals surface area contributed by atoms with E-state index in [0.29, 0.717) is 18.9 Å². The Balaban J connectivity index is 1.47. The Morgan fingerprint density at radius 1 is 0.971 bits per heavy atom. The second kappa shape index (κ2) is 9.03. The molecule has 5 rings (SSSR count). The van der Waals surface area contributed by atoms with E-state index in [2.05, 4.69) is 20.0 Å². The van der Waals surface area contributed by atoms with E-state index in [0.717, 1.165) is 22.7 Å². The van der Waals surface area contributed by atoms with Crippen molar-refractivity contribution in [1.29, 1.82) is 0 Å². The smallest absolute Gasteiger partial charge is 0.254 e. The van der Waals surface area contributed by atoms with Gasteiger partial charge in [0.05, 0.1) is 17.2 Å². The third-order valence-corrected chi connectivity index (χ3v) is 8.63. The minimum Gasteiger partial charge on any atom is -0.497 e. The molecule has 0 radical (unpaired) electrons. The molecule has 176 valence electrons. The lowest BCUT2D eigenvalue weighted by atomic mass is 10.1. The van der Waals surface area contributed by atoms with Gasteiger partial charge in [-0.3, -0.25) is 0 Å². The van der Waals surface area contributed by atoms with Gasteiger partial charge < -0.3 is 9.64 Å². The van der Waals surface area contributed by atoms with Gasteiger partial charge in [0.25, 0.3) is 5.78 Å². The highest BCUT2D eigenvalue weighted by molar-refractivity contribution is 7.89. The number of hydrogen-bond donors (Lipinski definition) is 0. The van der Waals surface area contributed by atoms with Crippen molar-refractivity contribution in [3.8, 4) is 16.9 Å². The van der Waals surface area contributed by atoms with E-state index in [1.807, 2.05) is 24.3 Å². The summed E-state index contributed by atoms with van der Waals surface area (Å²) in [4.78, 5) is 10.7. The summed E-state index contributed by atoms with van der Waals surface area (Å²) < 4.78 is 34.9. The van der Waals surface area contributed by atoms with E-state index in [1.165, 1.54) is 16.7 Å². The van der Waals surface area contributed by atoms with Crippen molar-refractivity contribution in [3.05, 3.63) is 65.0 Å². The van der Waals surface area contributed by atoms with Crippen LogP contribution in [0.1, 0.15) is 0 Å². The molecule has 0 atom stereocenters. The van der Waals surface area contributed by atoms with Crippen LogP contribution >= 0.6 is 23.2 Å². The number of piperazine rings is 1. The maximum atomic E-state index is 13.2. The highest BCUT2D eigenvalue weighted by atomic mass is 35.5. The Morgan fingerprint density at radius 2 is 1.71 bits per heavy atom. The van der Waals surface area contributed by atoms with E-state index < -0.39 is 10.0 Å². The monoisotopic (exact) mass is 518 g/mol. The Hall–Kier alpha value is -2.92. The van der Waals surface area contributed by atoms with Gasteiger partial charge in [0, 0.05) is 37.9 Å². The number of halogens is 2. The molecule has 1 aliphatic rings. The highest BCUT2D eigenvalue weighted by Gasteiger charge is 2.32. The van der Waals surface area contributed by atoms with Crippen LogP contribution in [0.15, 0.2) is 59.9 Å². The van der Waals surface area contributed by atoms with Crippen molar-refractivity contribution in [2.75, 3.05) is 38.2 Å². The van der Waals surface area contributed by atoms with Crippen LogP contribution in [-0.2, 0) is 10.0 Å². The Kier molecular flexibility index (Phi) is 6.07. The van der Waals surface area contributed by atoms with Gasteiger partial charge >= 0.3 is 0 Å². The summed E-state index contributed by atoms with van der Waals surface area (Å²) in [6.45, 7) is 1.43. The van der Waals surface area contributed by atoms with Crippen LogP contribution in [0.25, 0.3) is 16.9 Å². The molecular formula is C22H20Cl2N6O3S. The molecule has 0 amide bonds. The largest absolute Gasteiger partial charge is 0.497 e. The number of methoxy groups -OCH3 is 1. The summed E-state index contributed by atoms with van der Waals surface area (Å²) in [5, 5.41) is 4.60. The van der Waals surface area contributed by atoms with Gasteiger partial charge in [-0.05, 0) is 29.8 Å². The van der Waals surface area contributed by atoms with Crippen LogP contribution in [0.4, 0.5) is 5.82 Å². The number of sulfonamides is 1. The SMILES string of the molecule is COc1ccc(-c2cnc3ncnn3c2N2CCN(S(=O)(=O)c3cccc(Cl)c3Cl)CC2)cc1. The first-order valence-corrected chi connectivity index (χ1v) is 12.6. The van der Waals surface area contributed by atoms with E-state index in [1.54, 1.807) is 30.0 Å². The number of fused-ring (bicyclic) bond motifs is 1. The van der Waals surface area contributed by atoms with E-state index in [4.69, 9.17) is 27.9 Å². The fraction of sp³-hybridized carbons (Fsp3) is 0.227. The standard InChI is InChI=1S/C22H20Cl2N6O3S/c1-33-16-7-5-15(6-8-16)17-13-25-22-26-14-27-30(22)21(17)28-9-11-29(12-10-28)34(31,32)19-4-2-3-18(23)20(19)24/h2-8,13-14H,9-12H2,1H3.